The normalized spacial score (nSPS) is 30.6. The molecule has 2 rings (SSSR count). The first-order valence-corrected chi connectivity index (χ1v) is 8.06. The summed E-state index contributed by atoms with van der Waals surface area (Å²) in [5.41, 5.74) is 0. The highest BCUT2D eigenvalue weighted by Gasteiger charge is 2.27. The number of rotatable bonds is 5. The van der Waals surface area contributed by atoms with E-state index in [0.717, 1.165) is 38.8 Å². The lowest BCUT2D eigenvalue weighted by atomic mass is 9.93. The third kappa shape index (κ3) is 4.93. The van der Waals surface area contributed by atoms with Crippen LogP contribution in [0.2, 0.25) is 0 Å². The van der Waals surface area contributed by atoms with Crippen LogP contribution in [-0.2, 0) is 0 Å². The van der Waals surface area contributed by atoms with E-state index in [1.807, 2.05) is 4.90 Å². The molecule has 0 radical (unpaired) electrons. The Morgan fingerprint density at radius 1 is 1.05 bits per heavy atom. The summed E-state index contributed by atoms with van der Waals surface area (Å²) in [6.45, 7) is 1.70. The molecule has 1 saturated carbocycles. The fraction of sp³-hybridized carbons (Fsp3) is 1.00. The zero-order chi connectivity index (χ0) is 14.4. The van der Waals surface area contributed by atoms with E-state index in [0.29, 0.717) is 18.0 Å². The van der Waals surface area contributed by atoms with Gasteiger partial charge in [0.05, 0.1) is 6.54 Å². The molecule has 2 N–H and O–H groups in total. The van der Waals surface area contributed by atoms with E-state index in [1.165, 1.54) is 19.3 Å². The third-order valence-corrected chi connectivity index (χ3v) is 4.83. The summed E-state index contributed by atoms with van der Waals surface area (Å²) < 4.78 is 24.7. The van der Waals surface area contributed by atoms with Crippen molar-refractivity contribution in [3.8, 4) is 0 Å². The van der Waals surface area contributed by atoms with Crippen LogP contribution >= 0.6 is 0 Å². The lowest BCUT2D eigenvalue weighted by molar-refractivity contribution is 0.0697. The van der Waals surface area contributed by atoms with Gasteiger partial charge in [0.1, 0.15) is 0 Å². The topological polar surface area (TPSA) is 35.5 Å². The molecule has 3 nitrogen and oxygen atoms in total. The molecule has 118 valence electrons. The Kier molecular flexibility index (Phi) is 6.65. The molecule has 2 aliphatic rings. The van der Waals surface area contributed by atoms with Crippen molar-refractivity contribution in [3.63, 3.8) is 0 Å². The molecule has 0 aromatic carbocycles. The molecule has 1 saturated heterocycles. The smallest absolute Gasteiger partial charge is 0.251 e. The van der Waals surface area contributed by atoms with Crippen LogP contribution in [0.4, 0.5) is 8.78 Å². The van der Waals surface area contributed by atoms with Gasteiger partial charge in [-0.05, 0) is 44.7 Å². The number of halogens is 2. The Labute approximate surface area is 120 Å². The fourth-order valence-electron chi connectivity index (χ4n) is 3.60. The molecule has 5 heteroatoms. The minimum absolute atomic E-state index is 0.0879. The molecule has 20 heavy (non-hydrogen) atoms. The molecule has 1 heterocycles. The Hall–Kier alpha value is -0.260. The predicted molar refractivity (Wildman–Crippen MR) is 76.1 cm³/mol. The van der Waals surface area contributed by atoms with Gasteiger partial charge < -0.3 is 10.4 Å². The van der Waals surface area contributed by atoms with Gasteiger partial charge in [-0.2, -0.15) is 0 Å². The van der Waals surface area contributed by atoms with Crippen LogP contribution in [0.15, 0.2) is 0 Å². The van der Waals surface area contributed by atoms with Gasteiger partial charge in [-0.3, -0.25) is 4.90 Å². The minimum atomic E-state index is -2.22. The highest BCUT2D eigenvalue weighted by atomic mass is 19.3. The quantitative estimate of drug-likeness (QED) is 0.762. The van der Waals surface area contributed by atoms with Crippen LogP contribution in [0.3, 0.4) is 0 Å². The van der Waals surface area contributed by atoms with Gasteiger partial charge in [0, 0.05) is 18.7 Å². The lowest BCUT2D eigenvalue weighted by Crippen LogP contribution is -2.49. The van der Waals surface area contributed by atoms with E-state index in [2.05, 4.69) is 5.32 Å². The first-order chi connectivity index (χ1) is 9.69. The number of piperidine rings is 1. The Morgan fingerprint density at radius 2 is 1.75 bits per heavy atom. The molecule has 0 spiro atoms. The summed E-state index contributed by atoms with van der Waals surface area (Å²) in [5.74, 6) is 0.372. The fourth-order valence-corrected chi connectivity index (χ4v) is 3.60. The molecular weight excluding hydrogens is 262 g/mol. The Morgan fingerprint density at radius 3 is 2.40 bits per heavy atom. The number of hydrogen-bond donors (Lipinski definition) is 2. The van der Waals surface area contributed by atoms with E-state index in [4.69, 9.17) is 0 Å². The predicted octanol–water partition coefficient (Wildman–Crippen LogP) is 2.25. The van der Waals surface area contributed by atoms with Crippen molar-refractivity contribution >= 4 is 0 Å². The van der Waals surface area contributed by atoms with Crippen LogP contribution < -0.4 is 5.32 Å². The zero-order valence-electron chi connectivity index (χ0n) is 12.2. The Balaban J connectivity index is 1.75. The lowest BCUT2D eigenvalue weighted by Gasteiger charge is -2.36. The van der Waals surface area contributed by atoms with Crippen LogP contribution in [-0.4, -0.2) is 54.8 Å². The summed E-state index contributed by atoms with van der Waals surface area (Å²) in [5, 5.41) is 13.2. The second kappa shape index (κ2) is 8.25. The number of aliphatic hydroxyl groups excluding tert-OH is 1. The number of hydrogen-bond acceptors (Lipinski definition) is 3. The van der Waals surface area contributed by atoms with Crippen molar-refractivity contribution in [1.82, 2.24) is 10.2 Å². The van der Waals surface area contributed by atoms with Gasteiger partial charge in [-0.1, -0.05) is 19.3 Å². The van der Waals surface area contributed by atoms with Crippen molar-refractivity contribution in [2.45, 2.75) is 63.5 Å². The number of likely N-dealkylation sites (tertiary alicyclic amines) is 1. The monoisotopic (exact) mass is 290 g/mol. The molecule has 0 bridgehead atoms. The molecule has 0 amide bonds. The molecule has 0 unspecified atom stereocenters. The van der Waals surface area contributed by atoms with Crippen LogP contribution in [0.25, 0.3) is 0 Å². The van der Waals surface area contributed by atoms with Gasteiger partial charge >= 0.3 is 0 Å². The highest BCUT2D eigenvalue weighted by molar-refractivity contribution is 4.85. The summed E-state index contributed by atoms with van der Waals surface area (Å²) in [4.78, 5) is 1.86. The van der Waals surface area contributed by atoms with Crippen LogP contribution in [0.1, 0.15) is 44.9 Å². The Bertz CT molecular complexity index is 271. The molecule has 0 aromatic heterocycles. The maximum absolute atomic E-state index is 12.3. The molecule has 1 aliphatic carbocycles. The number of alkyl halides is 2. The van der Waals surface area contributed by atoms with Gasteiger partial charge in [0.25, 0.3) is 6.43 Å². The SMILES string of the molecule is OC[C@H]1CCCCC[C@@H]1NC1CCN(CC(F)F)CC1. The van der Waals surface area contributed by atoms with Crippen molar-refractivity contribution in [1.29, 1.82) is 0 Å². The largest absolute Gasteiger partial charge is 0.396 e. The summed E-state index contributed by atoms with van der Waals surface area (Å²) >= 11 is 0. The summed E-state index contributed by atoms with van der Waals surface area (Å²) in [7, 11) is 0. The first kappa shape index (κ1) is 16.1. The van der Waals surface area contributed by atoms with Crippen molar-refractivity contribution in [2.24, 2.45) is 5.92 Å². The van der Waals surface area contributed by atoms with Gasteiger partial charge in [0.2, 0.25) is 0 Å². The number of aliphatic hydroxyl groups is 1. The average Bonchev–Trinajstić information content (AvgIpc) is 2.65. The second-order valence-corrected chi connectivity index (χ2v) is 6.32. The van der Waals surface area contributed by atoms with E-state index in [9.17, 15) is 13.9 Å². The third-order valence-electron chi connectivity index (χ3n) is 4.83. The average molecular weight is 290 g/mol. The summed E-state index contributed by atoms with van der Waals surface area (Å²) in [6.07, 6.45) is 5.64. The van der Waals surface area contributed by atoms with E-state index < -0.39 is 6.43 Å². The zero-order valence-corrected chi connectivity index (χ0v) is 12.2. The first-order valence-electron chi connectivity index (χ1n) is 8.06. The maximum Gasteiger partial charge on any atom is 0.251 e. The molecular formula is C15H28F2N2O. The number of nitrogens with zero attached hydrogens (tertiary/aromatic N) is 1. The summed E-state index contributed by atoms with van der Waals surface area (Å²) in [6, 6.07) is 0.843. The van der Waals surface area contributed by atoms with E-state index in [-0.39, 0.29) is 13.2 Å². The van der Waals surface area contributed by atoms with Crippen LogP contribution in [0.5, 0.6) is 0 Å². The van der Waals surface area contributed by atoms with Crippen molar-refractivity contribution in [2.75, 3.05) is 26.2 Å². The standard InChI is InChI=1S/C15H28F2N2O/c16-15(17)10-19-8-6-13(7-9-19)18-14-5-3-1-2-4-12(14)11-20/h12-15,18,20H,1-11H2/t12-,14+/m1/s1. The molecule has 2 fully saturated rings. The van der Waals surface area contributed by atoms with Crippen LogP contribution in [0, 0.1) is 5.92 Å². The minimum Gasteiger partial charge on any atom is -0.396 e. The molecule has 1 aliphatic heterocycles. The van der Waals surface area contributed by atoms with E-state index >= 15 is 0 Å². The van der Waals surface area contributed by atoms with Gasteiger partial charge in [-0.25, -0.2) is 8.78 Å². The van der Waals surface area contributed by atoms with Crippen molar-refractivity contribution < 1.29 is 13.9 Å². The van der Waals surface area contributed by atoms with Gasteiger partial charge in [-0.15, -0.1) is 0 Å². The molecule has 0 aromatic rings. The second-order valence-electron chi connectivity index (χ2n) is 6.32. The molecule has 2 atom stereocenters. The highest BCUT2D eigenvalue weighted by Crippen LogP contribution is 2.24. The number of nitrogens with one attached hydrogen (secondary N) is 1. The van der Waals surface area contributed by atoms with Crippen molar-refractivity contribution in [3.05, 3.63) is 0 Å². The maximum atomic E-state index is 12.3. The van der Waals surface area contributed by atoms with Gasteiger partial charge in [0.15, 0.2) is 0 Å². The van der Waals surface area contributed by atoms with E-state index in [1.54, 1.807) is 0 Å².